The first-order valence-electron chi connectivity index (χ1n) is 10.8. The van der Waals surface area contributed by atoms with Gasteiger partial charge in [0.15, 0.2) is 0 Å². The average Bonchev–Trinajstić information content (AvgIpc) is 2.74. The summed E-state index contributed by atoms with van der Waals surface area (Å²) in [5.41, 5.74) is 0.213. The van der Waals surface area contributed by atoms with E-state index >= 15 is 0 Å². The number of halogens is 1. The number of carbonyl (C=O) groups excluding carboxylic acids is 1. The summed E-state index contributed by atoms with van der Waals surface area (Å²) in [6.45, 7) is 10.5. The molecule has 168 valence electrons. The van der Waals surface area contributed by atoms with Crippen molar-refractivity contribution in [1.29, 1.82) is 0 Å². The van der Waals surface area contributed by atoms with E-state index in [2.05, 4.69) is 23.7 Å². The number of carbonyl (C=O) groups is 1. The van der Waals surface area contributed by atoms with Crippen LogP contribution >= 0.6 is 0 Å². The minimum atomic E-state index is -0.491. The molecule has 0 bridgehead atoms. The van der Waals surface area contributed by atoms with Gasteiger partial charge >= 0.3 is 5.97 Å². The zero-order chi connectivity index (χ0) is 22.4. The van der Waals surface area contributed by atoms with E-state index in [1.807, 2.05) is 13.8 Å². The number of esters is 1. The summed E-state index contributed by atoms with van der Waals surface area (Å²) in [5.74, 6) is 0.456. The van der Waals surface area contributed by atoms with E-state index in [1.54, 1.807) is 6.07 Å². The van der Waals surface area contributed by atoms with Gasteiger partial charge in [-0.15, -0.1) is 0 Å². The zero-order valence-corrected chi connectivity index (χ0v) is 18.6. The predicted octanol–water partition coefficient (Wildman–Crippen LogP) is 5.08. The molecular formula is C24H31FN2O4. The molecule has 0 saturated carbocycles. The van der Waals surface area contributed by atoms with Crippen molar-refractivity contribution < 1.29 is 23.4 Å². The first kappa shape index (κ1) is 23.0. The molecule has 0 N–H and O–H groups in total. The molecule has 6 nitrogen and oxygen atoms in total. The van der Waals surface area contributed by atoms with Crippen molar-refractivity contribution in [2.75, 3.05) is 19.7 Å². The van der Waals surface area contributed by atoms with Gasteiger partial charge in [-0.25, -0.2) is 14.2 Å². The number of benzene rings is 1. The van der Waals surface area contributed by atoms with Gasteiger partial charge in [0.25, 0.3) is 0 Å². The standard InChI is InChI=1S/C24H31FN2O4/c1-16(2)27-11-5-6-18(14-27)15-29-24(28)22-12-21(13-26-23(22)30-17(3)4)31-20-9-7-19(25)8-10-20/h7-10,12-13,16-18H,5-6,11,14-15H2,1-4H3/t18-/m0/s1. The highest BCUT2D eigenvalue weighted by molar-refractivity contribution is 5.92. The number of pyridine rings is 1. The topological polar surface area (TPSA) is 60.9 Å². The van der Waals surface area contributed by atoms with Gasteiger partial charge in [-0.2, -0.15) is 0 Å². The normalized spacial score (nSPS) is 17.1. The maximum absolute atomic E-state index is 13.1. The Morgan fingerprint density at radius 1 is 1.19 bits per heavy atom. The van der Waals surface area contributed by atoms with Crippen LogP contribution in [0.25, 0.3) is 0 Å². The Kier molecular flexibility index (Phi) is 7.85. The highest BCUT2D eigenvalue weighted by atomic mass is 19.1. The van der Waals surface area contributed by atoms with Gasteiger partial charge in [-0.1, -0.05) is 0 Å². The second-order valence-electron chi connectivity index (χ2n) is 8.44. The van der Waals surface area contributed by atoms with Gasteiger partial charge < -0.3 is 19.1 Å². The Labute approximate surface area is 183 Å². The van der Waals surface area contributed by atoms with Crippen molar-refractivity contribution in [2.24, 2.45) is 5.92 Å². The van der Waals surface area contributed by atoms with Crippen molar-refractivity contribution >= 4 is 5.97 Å². The zero-order valence-electron chi connectivity index (χ0n) is 18.6. The van der Waals surface area contributed by atoms with Crippen LogP contribution in [-0.2, 0) is 4.74 Å². The summed E-state index contributed by atoms with van der Waals surface area (Å²) in [5, 5.41) is 0. The molecular weight excluding hydrogens is 399 g/mol. The Balaban J connectivity index is 1.71. The van der Waals surface area contributed by atoms with E-state index in [4.69, 9.17) is 14.2 Å². The van der Waals surface area contributed by atoms with Crippen LogP contribution in [0.2, 0.25) is 0 Å². The van der Waals surface area contributed by atoms with Gasteiger partial charge in [-0.05, 0) is 71.3 Å². The van der Waals surface area contributed by atoms with Crippen LogP contribution in [0.5, 0.6) is 17.4 Å². The molecule has 3 rings (SSSR count). The molecule has 1 fully saturated rings. The summed E-state index contributed by atoms with van der Waals surface area (Å²) >= 11 is 0. The SMILES string of the molecule is CC(C)Oc1ncc(Oc2ccc(F)cc2)cc1C(=O)OC[C@H]1CCCN(C(C)C)C1. The number of nitrogens with zero attached hydrogens (tertiary/aromatic N) is 2. The average molecular weight is 431 g/mol. The van der Waals surface area contributed by atoms with Crippen LogP contribution < -0.4 is 9.47 Å². The largest absolute Gasteiger partial charge is 0.474 e. The van der Waals surface area contributed by atoms with Crippen molar-refractivity contribution in [3.63, 3.8) is 0 Å². The highest BCUT2D eigenvalue weighted by Gasteiger charge is 2.24. The van der Waals surface area contributed by atoms with E-state index in [1.165, 1.54) is 30.5 Å². The van der Waals surface area contributed by atoms with Crippen LogP contribution in [-0.4, -0.2) is 47.7 Å². The molecule has 1 saturated heterocycles. The first-order valence-corrected chi connectivity index (χ1v) is 10.8. The molecule has 0 amide bonds. The van der Waals surface area contributed by atoms with Gasteiger partial charge in [-0.3, -0.25) is 0 Å². The lowest BCUT2D eigenvalue weighted by Crippen LogP contribution is -2.41. The molecule has 0 unspecified atom stereocenters. The Hall–Kier alpha value is -2.67. The smallest absolute Gasteiger partial charge is 0.343 e. The summed E-state index contributed by atoms with van der Waals surface area (Å²) < 4.78 is 30.2. The van der Waals surface area contributed by atoms with Gasteiger partial charge in [0.2, 0.25) is 5.88 Å². The predicted molar refractivity (Wildman–Crippen MR) is 116 cm³/mol. The molecule has 7 heteroatoms. The maximum atomic E-state index is 13.1. The van der Waals surface area contributed by atoms with E-state index < -0.39 is 5.97 Å². The quantitative estimate of drug-likeness (QED) is 0.545. The fourth-order valence-electron chi connectivity index (χ4n) is 3.56. The second-order valence-corrected chi connectivity index (χ2v) is 8.44. The number of aromatic nitrogens is 1. The molecule has 1 aliphatic heterocycles. The van der Waals surface area contributed by atoms with E-state index in [0.29, 0.717) is 30.1 Å². The second kappa shape index (κ2) is 10.6. The first-order chi connectivity index (χ1) is 14.8. The number of rotatable bonds is 8. The molecule has 2 aromatic rings. The van der Waals surface area contributed by atoms with Crippen LogP contribution in [0.1, 0.15) is 50.9 Å². The molecule has 0 radical (unpaired) electrons. The van der Waals surface area contributed by atoms with Crippen molar-refractivity contribution in [3.8, 4) is 17.4 Å². The fourth-order valence-corrected chi connectivity index (χ4v) is 3.56. The lowest BCUT2D eigenvalue weighted by atomic mass is 9.98. The van der Waals surface area contributed by atoms with Crippen LogP contribution in [0.15, 0.2) is 36.5 Å². The van der Waals surface area contributed by atoms with Gasteiger partial charge in [0.05, 0.1) is 18.9 Å². The molecule has 1 aliphatic rings. The Bertz CT molecular complexity index is 870. The molecule has 1 atom stereocenters. The number of hydrogen-bond donors (Lipinski definition) is 0. The molecule has 1 aromatic heterocycles. The summed E-state index contributed by atoms with van der Waals surface area (Å²) in [6.07, 6.45) is 3.46. The fraction of sp³-hybridized carbons (Fsp3) is 0.500. The minimum Gasteiger partial charge on any atom is -0.474 e. The molecule has 0 aliphatic carbocycles. The summed E-state index contributed by atoms with van der Waals surface area (Å²) in [7, 11) is 0. The third kappa shape index (κ3) is 6.66. The number of ether oxygens (including phenoxy) is 3. The van der Waals surface area contributed by atoms with E-state index in [-0.39, 0.29) is 23.4 Å². The van der Waals surface area contributed by atoms with Crippen LogP contribution in [0.4, 0.5) is 4.39 Å². The monoisotopic (exact) mass is 430 g/mol. The molecule has 2 heterocycles. The van der Waals surface area contributed by atoms with Crippen molar-refractivity contribution in [2.45, 2.75) is 52.7 Å². The highest BCUT2D eigenvalue weighted by Crippen LogP contribution is 2.27. The maximum Gasteiger partial charge on any atom is 0.343 e. The van der Waals surface area contributed by atoms with Crippen LogP contribution in [0, 0.1) is 11.7 Å². The number of piperidine rings is 1. The summed E-state index contributed by atoms with van der Waals surface area (Å²) in [6, 6.07) is 7.66. The lowest BCUT2D eigenvalue weighted by molar-refractivity contribution is 0.0321. The summed E-state index contributed by atoms with van der Waals surface area (Å²) in [4.78, 5) is 19.6. The van der Waals surface area contributed by atoms with Gasteiger partial charge in [0.1, 0.15) is 22.9 Å². The minimum absolute atomic E-state index is 0.152. The van der Waals surface area contributed by atoms with E-state index in [0.717, 1.165) is 25.9 Å². The molecule has 0 spiro atoms. The number of likely N-dealkylation sites (tertiary alicyclic amines) is 1. The van der Waals surface area contributed by atoms with Crippen LogP contribution in [0.3, 0.4) is 0 Å². The number of hydrogen-bond acceptors (Lipinski definition) is 6. The molecule has 1 aromatic carbocycles. The lowest BCUT2D eigenvalue weighted by Gasteiger charge is -2.35. The van der Waals surface area contributed by atoms with Crippen molar-refractivity contribution in [1.82, 2.24) is 9.88 Å². The third-order valence-electron chi connectivity index (χ3n) is 5.17. The Morgan fingerprint density at radius 3 is 2.61 bits per heavy atom. The van der Waals surface area contributed by atoms with Crippen molar-refractivity contribution in [3.05, 3.63) is 47.9 Å². The molecule has 31 heavy (non-hydrogen) atoms. The van der Waals surface area contributed by atoms with E-state index in [9.17, 15) is 9.18 Å². The van der Waals surface area contributed by atoms with Gasteiger partial charge in [0, 0.05) is 24.6 Å². The Morgan fingerprint density at radius 2 is 1.94 bits per heavy atom. The third-order valence-corrected chi connectivity index (χ3v) is 5.17.